The number of aryl methyl sites for hydroxylation is 1. The Labute approximate surface area is 211 Å². The molecule has 2 aliphatic rings. The van der Waals surface area contributed by atoms with Crippen LogP contribution in [0, 0.1) is 6.92 Å². The maximum Gasteiger partial charge on any atom is 0.216 e. The van der Waals surface area contributed by atoms with Gasteiger partial charge in [0.1, 0.15) is 18.8 Å². The highest BCUT2D eigenvalue weighted by Crippen LogP contribution is 2.39. The molecule has 0 saturated carbocycles. The Morgan fingerprint density at radius 2 is 1.58 bits per heavy atom. The van der Waals surface area contributed by atoms with Crippen molar-refractivity contribution in [3.63, 3.8) is 0 Å². The highest BCUT2D eigenvalue weighted by molar-refractivity contribution is 6.15. The fourth-order valence-electron chi connectivity index (χ4n) is 5.11. The Balaban J connectivity index is 1.37. The van der Waals surface area contributed by atoms with Gasteiger partial charge in [-0.3, -0.25) is 9.69 Å². The zero-order valence-electron chi connectivity index (χ0n) is 20.5. The van der Waals surface area contributed by atoms with Crippen molar-refractivity contribution in [2.45, 2.75) is 13.5 Å². The van der Waals surface area contributed by atoms with Gasteiger partial charge in [0.2, 0.25) is 11.3 Å². The molecule has 0 spiro atoms. The van der Waals surface area contributed by atoms with E-state index >= 15 is 0 Å². The van der Waals surface area contributed by atoms with Gasteiger partial charge in [-0.2, -0.15) is 0 Å². The lowest BCUT2D eigenvalue weighted by Gasteiger charge is -2.37. The van der Waals surface area contributed by atoms with Gasteiger partial charge in [-0.15, -0.1) is 0 Å². The summed E-state index contributed by atoms with van der Waals surface area (Å²) in [4.78, 5) is 21.9. The summed E-state index contributed by atoms with van der Waals surface area (Å²) < 4.78 is 11.7. The summed E-state index contributed by atoms with van der Waals surface area (Å²) >= 11 is 0. The van der Waals surface area contributed by atoms with Gasteiger partial charge >= 0.3 is 0 Å². The van der Waals surface area contributed by atoms with Crippen LogP contribution in [-0.2, 0) is 6.54 Å². The van der Waals surface area contributed by atoms with E-state index in [1.54, 1.807) is 0 Å². The number of hydrogen-bond acceptors (Lipinski definition) is 5. The number of H-pyrrole nitrogens is 1. The van der Waals surface area contributed by atoms with Crippen molar-refractivity contribution in [1.29, 1.82) is 0 Å². The topological polar surface area (TPSA) is 56.2 Å². The number of carbonyl (C=O) groups excluding carboxylic acids is 1. The molecule has 3 aromatic carbocycles. The molecule has 1 saturated heterocycles. The molecule has 2 aliphatic heterocycles. The summed E-state index contributed by atoms with van der Waals surface area (Å²) in [6.07, 6.45) is 1.85. The van der Waals surface area contributed by atoms with Gasteiger partial charge in [0.05, 0.1) is 17.1 Å². The van der Waals surface area contributed by atoms with E-state index in [4.69, 9.17) is 9.47 Å². The molecule has 1 fully saturated rings. The minimum Gasteiger partial charge on any atom is -0.486 e. The first-order valence-corrected chi connectivity index (χ1v) is 12.6. The average molecular weight is 481 g/mol. The summed E-state index contributed by atoms with van der Waals surface area (Å²) in [6.45, 7) is 7.57. The van der Waals surface area contributed by atoms with Gasteiger partial charge in [-0.25, -0.2) is 4.98 Å². The highest BCUT2D eigenvalue weighted by Gasteiger charge is 2.29. The number of nitrogens with one attached hydrogen (secondary N) is 1. The molecule has 6 nitrogen and oxygen atoms in total. The molecule has 36 heavy (non-hydrogen) atoms. The first-order valence-electron chi connectivity index (χ1n) is 12.6. The van der Waals surface area contributed by atoms with Gasteiger partial charge in [-0.05, 0) is 12.5 Å². The van der Waals surface area contributed by atoms with Crippen LogP contribution in [-0.4, -0.2) is 50.1 Å². The van der Waals surface area contributed by atoms with E-state index < -0.39 is 0 Å². The van der Waals surface area contributed by atoms with Crippen LogP contribution in [0.3, 0.4) is 0 Å². The molecule has 1 aromatic heterocycles. The zero-order valence-corrected chi connectivity index (χ0v) is 20.5. The standard InChI is InChI=1S/C30H29N3O3/c1-21-7-9-23(10-8-21)30(34)25-19-31-26-18-28-27(35-15-16-36-28)17-24(26)29(25)33-13-11-32(12-14-33)20-22-5-3-2-4-6-22/h2-10,17-19H,11-16,20H2,1H3/p+1. The Morgan fingerprint density at radius 3 is 2.31 bits per heavy atom. The van der Waals surface area contributed by atoms with Crippen LogP contribution in [0.25, 0.3) is 10.9 Å². The third-order valence-electron chi connectivity index (χ3n) is 7.06. The van der Waals surface area contributed by atoms with Crippen molar-refractivity contribution in [3.05, 3.63) is 95.2 Å². The Morgan fingerprint density at radius 1 is 0.889 bits per heavy atom. The van der Waals surface area contributed by atoms with Crippen LogP contribution in [0.1, 0.15) is 27.0 Å². The van der Waals surface area contributed by atoms with Gasteiger partial charge in [0, 0.05) is 44.4 Å². The summed E-state index contributed by atoms with van der Waals surface area (Å²) in [5.41, 5.74) is 5.72. The number of pyridine rings is 1. The summed E-state index contributed by atoms with van der Waals surface area (Å²) in [6, 6.07) is 22.4. The number of ketones is 1. The lowest BCUT2D eigenvalue weighted by atomic mass is 9.98. The number of aromatic amines is 1. The molecule has 1 N–H and O–H groups in total. The third-order valence-corrected chi connectivity index (χ3v) is 7.06. The molecule has 0 unspecified atom stereocenters. The molecule has 6 heteroatoms. The largest absolute Gasteiger partial charge is 0.486 e. The lowest BCUT2D eigenvalue weighted by molar-refractivity contribution is -0.344. The number of fused-ring (bicyclic) bond motifs is 2. The fraction of sp³-hybridized carbons (Fsp3) is 0.267. The first kappa shape index (κ1) is 22.6. The molecule has 3 heterocycles. The van der Waals surface area contributed by atoms with Crippen molar-refractivity contribution < 1.29 is 19.3 Å². The number of piperazine rings is 1. The highest BCUT2D eigenvalue weighted by atomic mass is 16.6. The van der Waals surface area contributed by atoms with E-state index in [9.17, 15) is 4.79 Å². The molecule has 0 amide bonds. The first-order chi connectivity index (χ1) is 17.7. The smallest absolute Gasteiger partial charge is 0.216 e. The van der Waals surface area contributed by atoms with E-state index in [2.05, 4.69) is 45.1 Å². The number of nitrogens with zero attached hydrogens (tertiary/aromatic N) is 2. The second-order valence-corrected chi connectivity index (χ2v) is 9.54. The average Bonchev–Trinajstić information content (AvgIpc) is 2.92. The minimum atomic E-state index is 0.0183. The normalized spacial score (nSPS) is 15.8. The molecule has 182 valence electrons. The Bertz CT molecular complexity index is 1390. The summed E-state index contributed by atoms with van der Waals surface area (Å²) in [5, 5.41) is 0.980. The molecular weight excluding hydrogens is 450 g/mol. The predicted molar refractivity (Wildman–Crippen MR) is 140 cm³/mol. The van der Waals surface area contributed by atoms with Crippen LogP contribution in [0.2, 0.25) is 0 Å². The quantitative estimate of drug-likeness (QED) is 0.399. The monoisotopic (exact) mass is 480 g/mol. The lowest BCUT2D eigenvalue weighted by Crippen LogP contribution is -2.46. The van der Waals surface area contributed by atoms with E-state index in [0.717, 1.165) is 66.4 Å². The number of benzene rings is 3. The van der Waals surface area contributed by atoms with Gasteiger partial charge in [0.15, 0.2) is 17.7 Å². The van der Waals surface area contributed by atoms with E-state index in [0.29, 0.717) is 24.3 Å². The number of carbonyl (C=O) groups is 1. The SMILES string of the molecule is Cc1ccc(C(=O)c2c[nH+]c3cc4c(cc3c2N2CCN(Cc3ccccc3)CC2)OCCO4)cc1. The summed E-state index contributed by atoms with van der Waals surface area (Å²) in [5.74, 6) is 1.48. The third kappa shape index (κ3) is 4.40. The number of hydrogen-bond donors (Lipinski definition) is 0. The minimum absolute atomic E-state index is 0.0183. The Hall–Kier alpha value is -3.90. The molecule has 6 rings (SSSR count). The van der Waals surface area contributed by atoms with Crippen LogP contribution in [0.4, 0.5) is 5.69 Å². The van der Waals surface area contributed by atoms with Crippen LogP contribution in [0.15, 0.2) is 72.9 Å². The molecule has 4 aromatic rings. The van der Waals surface area contributed by atoms with E-state index in [1.807, 2.05) is 49.5 Å². The second kappa shape index (κ2) is 9.63. The maximum atomic E-state index is 13.7. The van der Waals surface area contributed by atoms with Gasteiger partial charge < -0.3 is 14.4 Å². The zero-order chi connectivity index (χ0) is 24.5. The maximum absolute atomic E-state index is 13.7. The van der Waals surface area contributed by atoms with E-state index in [-0.39, 0.29) is 5.78 Å². The van der Waals surface area contributed by atoms with Crippen LogP contribution < -0.4 is 19.4 Å². The van der Waals surface area contributed by atoms with Crippen molar-refractivity contribution in [3.8, 4) is 11.5 Å². The van der Waals surface area contributed by atoms with Crippen molar-refractivity contribution in [2.75, 3.05) is 44.3 Å². The fourth-order valence-corrected chi connectivity index (χ4v) is 5.11. The van der Waals surface area contributed by atoms with Gasteiger partial charge in [0.25, 0.3) is 0 Å². The Kier molecular flexibility index (Phi) is 6.03. The van der Waals surface area contributed by atoms with Crippen molar-refractivity contribution >= 4 is 22.4 Å². The molecular formula is C30H30N3O3+. The van der Waals surface area contributed by atoms with E-state index in [1.165, 1.54) is 5.56 Å². The molecule has 0 radical (unpaired) electrons. The molecule has 0 bridgehead atoms. The predicted octanol–water partition coefficient (Wildman–Crippen LogP) is 4.29. The molecule has 0 atom stereocenters. The van der Waals surface area contributed by atoms with Crippen LogP contribution >= 0.6 is 0 Å². The number of anilines is 1. The number of ether oxygens (including phenoxy) is 2. The van der Waals surface area contributed by atoms with Crippen molar-refractivity contribution in [2.24, 2.45) is 0 Å². The van der Waals surface area contributed by atoms with Crippen molar-refractivity contribution in [1.82, 2.24) is 4.90 Å². The number of aromatic nitrogens is 1. The number of rotatable bonds is 5. The molecule has 0 aliphatic carbocycles. The summed E-state index contributed by atoms with van der Waals surface area (Å²) in [7, 11) is 0. The second-order valence-electron chi connectivity index (χ2n) is 9.54. The van der Waals surface area contributed by atoms with Crippen LogP contribution in [0.5, 0.6) is 11.5 Å². The van der Waals surface area contributed by atoms with Gasteiger partial charge in [-0.1, -0.05) is 60.2 Å².